The Morgan fingerprint density at radius 1 is 0.917 bits per heavy atom. The highest BCUT2D eigenvalue weighted by Gasteiger charge is 2.34. The third-order valence-corrected chi connectivity index (χ3v) is 7.15. The molecule has 1 saturated heterocycles. The highest BCUT2D eigenvalue weighted by molar-refractivity contribution is 5.96. The first kappa shape index (κ1) is 22.4. The monoisotopic (exact) mass is 475 g/mol. The summed E-state index contributed by atoms with van der Waals surface area (Å²) in [6, 6.07) is 30.9. The highest BCUT2D eigenvalue weighted by atomic mass is 16.5. The molecule has 6 rings (SSSR count). The van der Waals surface area contributed by atoms with Crippen molar-refractivity contribution in [3.05, 3.63) is 102 Å². The standard InChI is InChI=1S/C31H29N3O2/c1-2-22-14-16-25(17-15-22)34-21-24(20-30(34)35)31-32-27-11-5-6-12-28(27)33(31)18-19-36-29-13-7-9-23-8-3-4-10-26(23)29/h3-17,24H,2,18-21H2,1H3. The first-order chi connectivity index (χ1) is 17.7. The number of nitrogens with zero attached hydrogens (tertiary/aromatic N) is 3. The number of aromatic nitrogens is 2. The molecule has 0 radical (unpaired) electrons. The van der Waals surface area contributed by atoms with Gasteiger partial charge in [-0.1, -0.05) is 67.6 Å². The van der Waals surface area contributed by atoms with Gasteiger partial charge in [-0.25, -0.2) is 4.98 Å². The summed E-state index contributed by atoms with van der Waals surface area (Å²) in [6.07, 6.45) is 1.45. The van der Waals surface area contributed by atoms with Crippen molar-refractivity contribution in [2.45, 2.75) is 32.2 Å². The summed E-state index contributed by atoms with van der Waals surface area (Å²) in [5.74, 6) is 2.03. The molecule has 0 saturated carbocycles. The quantitative estimate of drug-likeness (QED) is 0.276. The van der Waals surface area contributed by atoms with Crippen molar-refractivity contribution in [1.29, 1.82) is 0 Å². The molecule has 1 atom stereocenters. The smallest absolute Gasteiger partial charge is 0.227 e. The van der Waals surface area contributed by atoms with Crippen LogP contribution in [-0.2, 0) is 17.8 Å². The number of carbonyl (C=O) groups is 1. The molecule has 1 aromatic heterocycles. The molecule has 5 nitrogen and oxygen atoms in total. The number of aryl methyl sites for hydroxylation is 1. The van der Waals surface area contributed by atoms with Crippen molar-refractivity contribution in [1.82, 2.24) is 9.55 Å². The Bertz CT molecular complexity index is 1530. The van der Waals surface area contributed by atoms with E-state index in [9.17, 15) is 4.79 Å². The molecule has 1 amide bonds. The fourth-order valence-corrected chi connectivity index (χ4v) is 5.25. The minimum absolute atomic E-state index is 0.0355. The van der Waals surface area contributed by atoms with Crippen LogP contribution in [0.5, 0.6) is 5.75 Å². The Morgan fingerprint density at radius 2 is 1.69 bits per heavy atom. The number of amides is 1. The SMILES string of the molecule is CCc1ccc(N2CC(c3nc4ccccc4n3CCOc3cccc4ccccc34)CC2=O)cc1. The average Bonchev–Trinajstić information content (AvgIpc) is 3.49. The van der Waals surface area contributed by atoms with E-state index in [1.165, 1.54) is 10.9 Å². The van der Waals surface area contributed by atoms with Crippen LogP contribution in [0.3, 0.4) is 0 Å². The highest BCUT2D eigenvalue weighted by Crippen LogP contribution is 2.33. The topological polar surface area (TPSA) is 47.4 Å². The molecule has 2 heterocycles. The van der Waals surface area contributed by atoms with Crippen LogP contribution < -0.4 is 9.64 Å². The van der Waals surface area contributed by atoms with E-state index in [-0.39, 0.29) is 11.8 Å². The lowest BCUT2D eigenvalue weighted by Crippen LogP contribution is -2.24. The van der Waals surface area contributed by atoms with E-state index in [1.807, 2.05) is 47.4 Å². The number of hydrogen-bond donors (Lipinski definition) is 0. The molecule has 0 spiro atoms. The van der Waals surface area contributed by atoms with Crippen LogP contribution in [0.4, 0.5) is 5.69 Å². The number of rotatable bonds is 7. The van der Waals surface area contributed by atoms with E-state index in [0.717, 1.165) is 40.1 Å². The molecule has 1 aliphatic heterocycles. The number of para-hydroxylation sites is 2. The van der Waals surface area contributed by atoms with Gasteiger partial charge in [-0.3, -0.25) is 4.79 Å². The summed E-state index contributed by atoms with van der Waals surface area (Å²) >= 11 is 0. The van der Waals surface area contributed by atoms with Gasteiger partial charge in [-0.2, -0.15) is 0 Å². The Kier molecular flexibility index (Phi) is 5.90. The van der Waals surface area contributed by atoms with Gasteiger partial charge in [0.25, 0.3) is 0 Å². The van der Waals surface area contributed by atoms with Gasteiger partial charge in [-0.05, 0) is 47.7 Å². The minimum atomic E-state index is 0.0355. The lowest BCUT2D eigenvalue weighted by molar-refractivity contribution is -0.117. The maximum Gasteiger partial charge on any atom is 0.227 e. The van der Waals surface area contributed by atoms with Crippen molar-refractivity contribution < 1.29 is 9.53 Å². The lowest BCUT2D eigenvalue weighted by Gasteiger charge is -2.18. The van der Waals surface area contributed by atoms with Gasteiger partial charge in [0.15, 0.2) is 0 Å². The van der Waals surface area contributed by atoms with E-state index in [4.69, 9.17) is 9.72 Å². The van der Waals surface area contributed by atoms with Crippen LogP contribution in [0, 0.1) is 0 Å². The summed E-state index contributed by atoms with van der Waals surface area (Å²) in [7, 11) is 0. The molecule has 0 aliphatic carbocycles. The number of anilines is 1. The van der Waals surface area contributed by atoms with E-state index >= 15 is 0 Å². The van der Waals surface area contributed by atoms with Gasteiger partial charge in [-0.15, -0.1) is 0 Å². The Labute approximate surface area is 210 Å². The molecular weight excluding hydrogens is 446 g/mol. The summed E-state index contributed by atoms with van der Waals surface area (Å²) in [6.45, 7) is 3.96. The van der Waals surface area contributed by atoms with Gasteiger partial charge in [0.05, 0.1) is 17.6 Å². The van der Waals surface area contributed by atoms with Crippen LogP contribution in [-0.4, -0.2) is 28.6 Å². The number of benzene rings is 4. The second kappa shape index (κ2) is 9.50. The first-order valence-electron chi connectivity index (χ1n) is 12.7. The summed E-state index contributed by atoms with van der Waals surface area (Å²) < 4.78 is 8.50. The van der Waals surface area contributed by atoms with Crippen molar-refractivity contribution >= 4 is 33.4 Å². The third kappa shape index (κ3) is 4.11. The molecule has 0 bridgehead atoms. The van der Waals surface area contributed by atoms with Crippen molar-refractivity contribution in [2.24, 2.45) is 0 Å². The largest absolute Gasteiger partial charge is 0.491 e. The van der Waals surface area contributed by atoms with Crippen LogP contribution in [0.2, 0.25) is 0 Å². The molecular formula is C31H29N3O2. The normalized spacial score (nSPS) is 15.8. The lowest BCUT2D eigenvalue weighted by atomic mass is 10.1. The minimum Gasteiger partial charge on any atom is -0.491 e. The van der Waals surface area contributed by atoms with Crippen molar-refractivity contribution in [3.63, 3.8) is 0 Å². The van der Waals surface area contributed by atoms with Gasteiger partial charge in [0, 0.05) is 30.0 Å². The maximum absolute atomic E-state index is 13.0. The van der Waals surface area contributed by atoms with Crippen molar-refractivity contribution in [3.8, 4) is 5.75 Å². The molecule has 5 heteroatoms. The zero-order valence-corrected chi connectivity index (χ0v) is 20.4. The van der Waals surface area contributed by atoms with Gasteiger partial charge in [0.1, 0.15) is 18.2 Å². The Hall–Kier alpha value is -4.12. The van der Waals surface area contributed by atoms with E-state index in [2.05, 4.69) is 60.0 Å². The second-order valence-electron chi connectivity index (χ2n) is 9.36. The number of carbonyl (C=O) groups excluding carboxylic acids is 1. The number of hydrogen-bond acceptors (Lipinski definition) is 3. The molecule has 1 fully saturated rings. The van der Waals surface area contributed by atoms with Crippen LogP contribution in [0.25, 0.3) is 21.8 Å². The predicted molar refractivity (Wildman–Crippen MR) is 145 cm³/mol. The molecule has 0 N–H and O–H groups in total. The molecule has 4 aromatic carbocycles. The predicted octanol–water partition coefficient (Wildman–Crippen LogP) is 6.35. The van der Waals surface area contributed by atoms with E-state index in [1.54, 1.807) is 0 Å². The molecule has 1 unspecified atom stereocenters. The summed E-state index contributed by atoms with van der Waals surface area (Å²) in [5, 5.41) is 2.28. The van der Waals surface area contributed by atoms with Gasteiger partial charge >= 0.3 is 0 Å². The van der Waals surface area contributed by atoms with E-state index < -0.39 is 0 Å². The Morgan fingerprint density at radius 3 is 2.56 bits per heavy atom. The molecule has 1 aliphatic rings. The van der Waals surface area contributed by atoms with Crippen molar-refractivity contribution in [2.75, 3.05) is 18.1 Å². The van der Waals surface area contributed by atoms with Crippen LogP contribution in [0.15, 0.2) is 91.0 Å². The summed E-state index contributed by atoms with van der Waals surface area (Å²) in [5.41, 5.74) is 4.26. The fraction of sp³-hybridized carbons (Fsp3) is 0.226. The average molecular weight is 476 g/mol. The number of imidazole rings is 1. The van der Waals surface area contributed by atoms with Gasteiger partial charge < -0.3 is 14.2 Å². The van der Waals surface area contributed by atoms with Crippen LogP contribution >= 0.6 is 0 Å². The summed E-state index contributed by atoms with van der Waals surface area (Å²) in [4.78, 5) is 19.9. The molecule has 36 heavy (non-hydrogen) atoms. The maximum atomic E-state index is 13.0. The Balaban J connectivity index is 1.26. The zero-order valence-electron chi connectivity index (χ0n) is 20.4. The van der Waals surface area contributed by atoms with Gasteiger partial charge in [0.2, 0.25) is 5.91 Å². The fourth-order valence-electron chi connectivity index (χ4n) is 5.25. The second-order valence-corrected chi connectivity index (χ2v) is 9.36. The number of ether oxygens (including phenoxy) is 1. The van der Waals surface area contributed by atoms with Crippen LogP contribution in [0.1, 0.15) is 30.7 Å². The third-order valence-electron chi connectivity index (χ3n) is 7.15. The molecule has 5 aromatic rings. The van der Waals surface area contributed by atoms with E-state index in [0.29, 0.717) is 26.1 Å². The first-order valence-corrected chi connectivity index (χ1v) is 12.7. The molecule has 180 valence electrons. The number of fused-ring (bicyclic) bond motifs is 2. The zero-order chi connectivity index (χ0) is 24.5.